The van der Waals surface area contributed by atoms with Crippen molar-refractivity contribution in [3.05, 3.63) is 65.7 Å². The molecule has 0 saturated heterocycles. The highest BCUT2D eigenvalue weighted by Crippen LogP contribution is 2.20. The number of rotatable bonds is 8. The van der Waals surface area contributed by atoms with E-state index in [0.717, 1.165) is 29.7 Å². The fourth-order valence-corrected chi connectivity index (χ4v) is 2.08. The number of para-hydroxylation sites is 1. The minimum Gasteiger partial charge on any atom is -0.467 e. The van der Waals surface area contributed by atoms with Gasteiger partial charge in [-0.2, -0.15) is 0 Å². The summed E-state index contributed by atoms with van der Waals surface area (Å²) in [6, 6.07) is 18.2. The third-order valence-electron chi connectivity index (χ3n) is 3.39. The summed E-state index contributed by atoms with van der Waals surface area (Å²) in [7, 11) is 0. The summed E-state index contributed by atoms with van der Waals surface area (Å²) in [5.41, 5.74) is 8.29. The standard InChI is InChI=1S/C18H23NO2/c1-2-17(19)12-16-10-6-7-11-18(16)21-14-20-13-15-8-4-3-5-9-15/h3-11,17H,2,12-14,19H2,1H3. The number of nitrogens with two attached hydrogens (primary N) is 1. The van der Waals surface area contributed by atoms with E-state index in [1.165, 1.54) is 0 Å². The van der Waals surface area contributed by atoms with E-state index in [1.54, 1.807) is 0 Å². The fraction of sp³-hybridized carbons (Fsp3) is 0.333. The molecule has 21 heavy (non-hydrogen) atoms. The summed E-state index contributed by atoms with van der Waals surface area (Å²) in [6.45, 7) is 2.89. The highest BCUT2D eigenvalue weighted by molar-refractivity contribution is 5.33. The fourth-order valence-electron chi connectivity index (χ4n) is 2.08. The van der Waals surface area contributed by atoms with E-state index < -0.39 is 0 Å². The molecular weight excluding hydrogens is 262 g/mol. The maximum atomic E-state index is 6.02. The van der Waals surface area contributed by atoms with Gasteiger partial charge in [-0.15, -0.1) is 0 Å². The predicted molar refractivity (Wildman–Crippen MR) is 85.1 cm³/mol. The van der Waals surface area contributed by atoms with Gasteiger partial charge in [0.15, 0.2) is 6.79 Å². The monoisotopic (exact) mass is 285 g/mol. The van der Waals surface area contributed by atoms with Crippen LogP contribution in [-0.4, -0.2) is 12.8 Å². The van der Waals surface area contributed by atoms with Gasteiger partial charge in [0.05, 0.1) is 6.61 Å². The van der Waals surface area contributed by atoms with E-state index in [1.807, 2.05) is 48.5 Å². The molecule has 0 amide bonds. The first-order chi connectivity index (χ1) is 10.3. The minimum absolute atomic E-state index is 0.167. The summed E-state index contributed by atoms with van der Waals surface area (Å²) < 4.78 is 11.3. The van der Waals surface area contributed by atoms with Crippen LogP contribution in [0.4, 0.5) is 0 Å². The molecule has 0 aliphatic heterocycles. The van der Waals surface area contributed by atoms with E-state index >= 15 is 0 Å². The third kappa shape index (κ3) is 5.21. The van der Waals surface area contributed by atoms with Crippen LogP contribution in [0.15, 0.2) is 54.6 Å². The van der Waals surface area contributed by atoms with Crippen molar-refractivity contribution in [2.24, 2.45) is 5.73 Å². The normalized spacial score (nSPS) is 12.1. The molecule has 1 atom stereocenters. The van der Waals surface area contributed by atoms with Crippen LogP contribution in [0.5, 0.6) is 5.75 Å². The Balaban J connectivity index is 1.82. The van der Waals surface area contributed by atoms with Crippen molar-refractivity contribution in [1.29, 1.82) is 0 Å². The van der Waals surface area contributed by atoms with E-state index in [0.29, 0.717) is 6.61 Å². The number of ether oxygens (including phenoxy) is 2. The number of benzene rings is 2. The number of hydrogen-bond acceptors (Lipinski definition) is 3. The molecule has 1 unspecified atom stereocenters. The van der Waals surface area contributed by atoms with Crippen molar-refractivity contribution in [2.45, 2.75) is 32.4 Å². The van der Waals surface area contributed by atoms with Gasteiger partial charge in [0, 0.05) is 6.04 Å². The molecule has 0 bridgehead atoms. The summed E-state index contributed by atoms with van der Waals surface area (Å²) in [6.07, 6.45) is 1.78. The van der Waals surface area contributed by atoms with Crippen LogP contribution < -0.4 is 10.5 Å². The highest BCUT2D eigenvalue weighted by atomic mass is 16.7. The van der Waals surface area contributed by atoms with Gasteiger partial charge in [-0.3, -0.25) is 0 Å². The smallest absolute Gasteiger partial charge is 0.189 e. The van der Waals surface area contributed by atoms with Gasteiger partial charge >= 0.3 is 0 Å². The molecule has 112 valence electrons. The van der Waals surface area contributed by atoms with Gasteiger partial charge in [0.25, 0.3) is 0 Å². The molecule has 2 rings (SSSR count). The predicted octanol–water partition coefficient (Wildman–Crippen LogP) is 3.52. The zero-order chi connectivity index (χ0) is 14.9. The van der Waals surface area contributed by atoms with Gasteiger partial charge in [-0.05, 0) is 30.0 Å². The SMILES string of the molecule is CCC(N)Cc1ccccc1OCOCc1ccccc1. The van der Waals surface area contributed by atoms with Crippen molar-refractivity contribution in [3.8, 4) is 5.75 Å². The zero-order valence-electron chi connectivity index (χ0n) is 12.5. The zero-order valence-corrected chi connectivity index (χ0v) is 12.5. The van der Waals surface area contributed by atoms with Crippen molar-refractivity contribution >= 4 is 0 Å². The van der Waals surface area contributed by atoms with Crippen molar-refractivity contribution in [3.63, 3.8) is 0 Å². The molecule has 0 aromatic heterocycles. The van der Waals surface area contributed by atoms with Crippen LogP contribution in [0.3, 0.4) is 0 Å². The maximum absolute atomic E-state index is 6.02. The van der Waals surface area contributed by atoms with Crippen LogP contribution in [0.25, 0.3) is 0 Å². The Morgan fingerprint density at radius 2 is 1.71 bits per heavy atom. The van der Waals surface area contributed by atoms with Crippen molar-refractivity contribution in [1.82, 2.24) is 0 Å². The van der Waals surface area contributed by atoms with E-state index in [-0.39, 0.29) is 12.8 Å². The molecule has 0 saturated carbocycles. The topological polar surface area (TPSA) is 44.5 Å². The molecule has 2 N–H and O–H groups in total. The summed E-state index contributed by atoms with van der Waals surface area (Å²) in [5.74, 6) is 0.856. The molecule has 0 radical (unpaired) electrons. The highest BCUT2D eigenvalue weighted by Gasteiger charge is 2.07. The Kier molecular flexibility index (Phi) is 6.25. The average Bonchev–Trinajstić information content (AvgIpc) is 2.54. The molecule has 0 aliphatic carbocycles. The first-order valence-electron chi connectivity index (χ1n) is 7.37. The van der Waals surface area contributed by atoms with E-state index in [4.69, 9.17) is 15.2 Å². The van der Waals surface area contributed by atoms with Crippen molar-refractivity contribution < 1.29 is 9.47 Å². The molecule has 3 nitrogen and oxygen atoms in total. The molecule has 2 aromatic carbocycles. The molecule has 0 spiro atoms. The maximum Gasteiger partial charge on any atom is 0.189 e. The Hall–Kier alpha value is -1.84. The molecule has 0 fully saturated rings. The molecule has 3 heteroatoms. The summed E-state index contributed by atoms with van der Waals surface area (Å²) in [4.78, 5) is 0. The Morgan fingerprint density at radius 3 is 2.48 bits per heavy atom. The lowest BCUT2D eigenvalue weighted by molar-refractivity contribution is 0.00450. The second-order valence-corrected chi connectivity index (χ2v) is 5.08. The summed E-state index contributed by atoms with van der Waals surface area (Å²) >= 11 is 0. The van der Waals surface area contributed by atoms with Gasteiger partial charge in [-0.25, -0.2) is 0 Å². The largest absolute Gasteiger partial charge is 0.467 e. The van der Waals surface area contributed by atoms with Gasteiger partial charge in [0.2, 0.25) is 0 Å². The quantitative estimate of drug-likeness (QED) is 0.596. The molecule has 0 aliphatic rings. The van der Waals surface area contributed by atoms with Crippen LogP contribution >= 0.6 is 0 Å². The first-order valence-corrected chi connectivity index (χ1v) is 7.37. The Labute approximate surface area is 126 Å². The minimum atomic E-state index is 0.167. The average molecular weight is 285 g/mol. The van der Waals surface area contributed by atoms with Gasteiger partial charge in [-0.1, -0.05) is 55.5 Å². The molecule has 2 aromatic rings. The lowest BCUT2D eigenvalue weighted by Crippen LogP contribution is -2.21. The lowest BCUT2D eigenvalue weighted by atomic mass is 10.0. The van der Waals surface area contributed by atoms with Crippen LogP contribution in [0, 0.1) is 0 Å². The summed E-state index contributed by atoms with van der Waals surface area (Å²) in [5, 5.41) is 0. The Bertz CT molecular complexity index is 528. The third-order valence-corrected chi connectivity index (χ3v) is 3.39. The Morgan fingerprint density at radius 1 is 1.00 bits per heavy atom. The second-order valence-electron chi connectivity index (χ2n) is 5.08. The van der Waals surface area contributed by atoms with Gasteiger partial charge in [0.1, 0.15) is 5.75 Å². The number of hydrogen-bond donors (Lipinski definition) is 1. The van der Waals surface area contributed by atoms with Gasteiger partial charge < -0.3 is 15.2 Å². The molecular formula is C18H23NO2. The van der Waals surface area contributed by atoms with Crippen LogP contribution in [0.2, 0.25) is 0 Å². The van der Waals surface area contributed by atoms with Crippen molar-refractivity contribution in [2.75, 3.05) is 6.79 Å². The van der Waals surface area contributed by atoms with Crippen LogP contribution in [0.1, 0.15) is 24.5 Å². The molecule has 0 heterocycles. The first kappa shape index (κ1) is 15.5. The van der Waals surface area contributed by atoms with E-state index in [9.17, 15) is 0 Å². The second kappa shape index (κ2) is 8.45. The van der Waals surface area contributed by atoms with Crippen LogP contribution in [-0.2, 0) is 17.8 Å². The lowest BCUT2D eigenvalue weighted by Gasteiger charge is -2.14. The van der Waals surface area contributed by atoms with E-state index in [2.05, 4.69) is 13.0 Å².